The number of hydrogen-bond acceptors (Lipinski definition) is 3. The Morgan fingerprint density at radius 2 is 1.77 bits per heavy atom. The zero-order valence-corrected chi connectivity index (χ0v) is 17.2. The molecule has 2 aliphatic rings. The predicted molar refractivity (Wildman–Crippen MR) is 108 cm³/mol. The van der Waals surface area contributed by atoms with Gasteiger partial charge in [-0.3, -0.25) is 4.57 Å². The van der Waals surface area contributed by atoms with Gasteiger partial charge in [0.25, 0.3) is 0 Å². The van der Waals surface area contributed by atoms with E-state index in [1.54, 1.807) is 0 Å². The maximum Gasteiger partial charge on any atom is 0.326 e. The molecule has 1 N–H and O–H groups in total. The number of halogens is 1. The lowest BCUT2D eigenvalue weighted by Crippen LogP contribution is -2.45. The summed E-state index contributed by atoms with van der Waals surface area (Å²) in [5, 5.41) is 0. The lowest BCUT2D eigenvalue weighted by Gasteiger charge is -2.40. The Labute approximate surface area is 162 Å². The molecule has 0 atom stereocenters. The molecule has 1 saturated heterocycles. The van der Waals surface area contributed by atoms with Crippen molar-refractivity contribution in [2.75, 3.05) is 20.2 Å². The standard InChI is InChI=1S/C20H28BrN3O2/c1-13-11-18-19(12-17(13)21)24(20(25)22-18)15-7-9-23(10-8-15)14-3-5-16(26-2)6-4-14/h11-12,14-16H,3-10H2,1-2H3,(H,22,25)/t14-,16+. The number of aromatic amines is 1. The van der Waals surface area contributed by atoms with E-state index in [4.69, 9.17) is 4.74 Å². The highest BCUT2D eigenvalue weighted by Gasteiger charge is 2.30. The Morgan fingerprint density at radius 3 is 2.42 bits per heavy atom. The third-order valence-corrected chi connectivity index (χ3v) is 7.21. The van der Waals surface area contributed by atoms with Crippen molar-refractivity contribution in [1.29, 1.82) is 0 Å². The first-order valence-corrected chi connectivity index (χ1v) is 10.5. The normalized spacial score (nSPS) is 25.8. The van der Waals surface area contributed by atoms with Crippen molar-refractivity contribution in [1.82, 2.24) is 14.5 Å². The second kappa shape index (κ2) is 7.49. The summed E-state index contributed by atoms with van der Waals surface area (Å²) in [6, 6.07) is 5.12. The summed E-state index contributed by atoms with van der Waals surface area (Å²) in [4.78, 5) is 18.3. The molecular formula is C20H28BrN3O2. The fraction of sp³-hybridized carbons (Fsp3) is 0.650. The summed E-state index contributed by atoms with van der Waals surface area (Å²) >= 11 is 3.61. The summed E-state index contributed by atoms with van der Waals surface area (Å²) in [6.45, 7) is 4.22. The summed E-state index contributed by atoms with van der Waals surface area (Å²) in [5.74, 6) is 0. The van der Waals surface area contributed by atoms with E-state index in [0.29, 0.717) is 12.1 Å². The van der Waals surface area contributed by atoms with Gasteiger partial charge in [0.15, 0.2) is 0 Å². The van der Waals surface area contributed by atoms with E-state index in [1.165, 1.54) is 25.7 Å². The fourth-order valence-corrected chi connectivity index (χ4v) is 5.10. The number of nitrogens with one attached hydrogen (secondary N) is 1. The number of rotatable bonds is 3. The van der Waals surface area contributed by atoms with Crippen molar-refractivity contribution in [3.63, 3.8) is 0 Å². The maximum atomic E-state index is 12.6. The molecule has 1 saturated carbocycles. The first-order chi connectivity index (χ1) is 12.6. The van der Waals surface area contributed by atoms with E-state index in [9.17, 15) is 4.79 Å². The van der Waals surface area contributed by atoms with Crippen LogP contribution >= 0.6 is 15.9 Å². The van der Waals surface area contributed by atoms with Crippen LogP contribution in [0.4, 0.5) is 0 Å². The number of benzene rings is 1. The van der Waals surface area contributed by atoms with Crippen LogP contribution in [0, 0.1) is 6.92 Å². The van der Waals surface area contributed by atoms with Crippen LogP contribution in [0.2, 0.25) is 0 Å². The summed E-state index contributed by atoms with van der Waals surface area (Å²) < 4.78 is 8.55. The molecule has 142 valence electrons. The van der Waals surface area contributed by atoms with Crippen LogP contribution in [0.3, 0.4) is 0 Å². The van der Waals surface area contributed by atoms with Crippen LogP contribution in [-0.4, -0.2) is 46.8 Å². The van der Waals surface area contributed by atoms with Crippen LogP contribution in [-0.2, 0) is 4.74 Å². The number of fused-ring (bicyclic) bond motifs is 1. The van der Waals surface area contributed by atoms with Gasteiger partial charge in [0.2, 0.25) is 0 Å². The second-order valence-corrected chi connectivity index (χ2v) is 8.71. The molecule has 0 bridgehead atoms. The fourth-order valence-electron chi connectivity index (χ4n) is 4.77. The lowest BCUT2D eigenvalue weighted by molar-refractivity contribution is 0.0296. The van der Waals surface area contributed by atoms with Crippen LogP contribution in [0.5, 0.6) is 0 Å². The number of aromatic nitrogens is 2. The lowest BCUT2D eigenvalue weighted by atomic mass is 9.90. The number of H-pyrrole nitrogens is 1. The first kappa shape index (κ1) is 18.3. The van der Waals surface area contributed by atoms with E-state index in [1.807, 2.05) is 11.7 Å². The van der Waals surface area contributed by atoms with Gasteiger partial charge in [-0.05, 0) is 63.1 Å². The molecule has 2 fully saturated rings. The van der Waals surface area contributed by atoms with Crippen LogP contribution in [0.1, 0.15) is 50.1 Å². The van der Waals surface area contributed by atoms with Crippen molar-refractivity contribution in [2.24, 2.45) is 0 Å². The number of hydrogen-bond donors (Lipinski definition) is 1. The minimum Gasteiger partial charge on any atom is -0.381 e. The monoisotopic (exact) mass is 421 g/mol. The predicted octanol–water partition coefficient (Wildman–Crippen LogP) is 4.00. The van der Waals surface area contributed by atoms with Gasteiger partial charge in [0.1, 0.15) is 0 Å². The molecule has 0 unspecified atom stereocenters. The first-order valence-electron chi connectivity index (χ1n) is 9.74. The topological polar surface area (TPSA) is 50.3 Å². The van der Waals surface area contributed by atoms with Gasteiger partial charge in [-0.2, -0.15) is 0 Å². The number of likely N-dealkylation sites (tertiary alicyclic amines) is 1. The molecule has 2 aromatic rings. The van der Waals surface area contributed by atoms with E-state index < -0.39 is 0 Å². The third kappa shape index (κ3) is 3.39. The largest absolute Gasteiger partial charge is 0.381 e. The highest BCUT2D eigenvalue weighted by molar-refractivity contribution is 9.10. The van der Waals surface area contributed by atoms with Crippen LogP contribution in [0.15, 0.2) is 21.4 Å². The van der Waals surface area contributed by atoms with Crippen molar-refractivity contribution in [3.8, 4) is 0 Å². The Hall–Kier alpha value is -1.11. The molecule has 1 aromatic heterocycles. The highest BCUT2D eigenvalue weighted by atomic mass is 79.9. The SMILES string of the molecule is CO[C@H]1CC[C@@H](N2CCC(n3c(=O)[nH]c4cc(C)c(Br)cc43)CC2)CC1. The quantitative estimate of drug-likeness (QED) is 0.814. The van der Waals surface area contributed by atoms with Crippen LogP contribution in [0.25, 0.3) is 11.0 Å². The number of ether oxygens (including phenoxy) is 1. The minimum absolute atomic E-state index is 0.0246. The molecule has 0 radical (unpaired) electrons. The molecule has 0 amide bonds. The molecule has 6 heteroatoms. The zero-order chi connectivity index (χ0) is 18.3. The van der Waals surface area contributed by atoms with E-state index in [2.05, 4.69) is 44.9 Å². The Morgan fingerprint density at radius 1 is 1.08 bits per heavy atom. The Kier molecular flexibility index (Phi) is 5.26. The molecule has 0 spiro atoms. The van der Waals surface area contributed by atoms with Crippen molar-refractivity contribution >= 4 is 27.0 Å². The van der Waals surface area contributed by atoms with E-state index in [0.717, 1.165) is 47.0 Å². The molecule has 4 rings (SSSR count). The Bertz CT molecular complexity index is 827. The van der Waals surface area contributed by atoms with Gasteiger partial charge in [-0.1, -0.05) is 15.9 Å². The molecule has 26 heavy (non-hydrogen) atoms. The van der Waals surface area contributed by atoms with Crippen LogP contribution < -0.4 is 5.69 Å². The number of imidazole rings is 1. The van der Waals surface area contributed by atoms with Gasteiger partial charge in [0, 0.05) is 36.8 Å². The average molecular weight is 422 g/mol. The van der Waals surface area contributed by atoms with E-state index >= 15 is 0 Å². The molecule has 2 heterocycles. The number of nitrogens with zero attached hydrogens (tertiary/aromatic N) is 2. The third-order valence-electron chi connectivity index (χ3n) is 6.35. The van der Waals surface area contributed by atoms with Gasteiger partial charge in [-0.25, -0.2) is 4.79 Å². The van der Waals surface area contributed by atoms with Gasteiger partial charge in [0.05, 0.1) is 17.1 Å². The minimum atomic E-state index is 0.0246. The molecule has 1 aromatic carbocycles. The number of piperidine rings is 1. The molecule has 1 aliphatic heterocycles. The zero-order valence-electron chi connectivity index (χ0n) is 15.6. The summed E-state index contributed by atoms with van der Waals surface area (Å²) in [6.07, 6.45) is 7.37. The number of methoxy groups -OCH3 is 1. The molecule has 5 nitrogen and oxygen atoms in total. The highest BCUT2D eigenvalue weighted by Crippen LogP contribution is 2.31. The van der Waals surface area contributed by atoms with Gasteiger partial charge in [-0.15, -0.1) is 0 Å². The summed E-state index contributed by atoms with van der Waals surface area (Å²) in [5.41, 5.74) is 3.13. The van der Waals surface area contributed by atoms with Crippen molar-refractivity contribution in [3.05, 3.63) is 32.7 Å². The second-order valence-electron chi connectivity index (χ2n) is 7.85. The average Bonchev–Trinajstić information content (AvgIpc) is 2.97. The smallest absolute Gasteiger partial charge is 0.326 e. The van der Waals surface area contributed by atoms with Gasteiger partial charge >= 0.3 is 5.69 Å². The maximum absolute atomic E-state index is 12.6. The van der Waals surface area contributed by atoms with Gasteiger partial charge < -0.3 is 14.6 Å². The summed E-state index contributed by atoms with van der Waals surface area (Å²) in [7, 11) is 1.83. The van der Waals surface area contributed by atoms with E-state index in [-0.39, 0.29) is 11.7 Å². The molecular weight excluding hydrogens is 394 g/mol. The van der Waals surface area contributed by atoms with Crippen molar-refractivity contribution in [2.45, 2.75) is 63.6 Å². The van der Waals surface area contributed by atoms with Crippen molar-refractivity contribution < 1.29 is 4.74 Å². The number of aryl methyl sites for hydroxylation is 1. The molecule has 1 aliphatic carbocycles. The Balaban J connectivity index is 1.47.